The molecule has 0 saturated heterocycles. The molecule has 2 aromatic rings. The lowest BCUT2D eigenvalue weighted by atomic mass is 10.1. The van der Waals surface area contributed by atoms with Gasteiger partial charge in [0, 0.05) is 18.8 Å². The molecule has 1 aromatic carbocycles. The summed E-state index contributed by atoms with van der Waals surface area (Å²) in [6, 6.07) is 11.4. The van der Waals surface area contributed by atoms with Crippen LogP contribution in [0.15, 0.2) is 42.6 Å². The van der Waals surface area contributed by atoms with Gasteiger partial charge in [0.25, 0.3) is 5.91 Å². The zero-order valence-corrected chi connectivity index (χ0v) is 12.8. The van der Waals surface area contributed by atoms with Crippen molar-refractivity contribution in [1.29, 1.82) is 0 Å². The molecule has 0 fully saturated rings. The molecule has 0 atom stereocenters. The van der Waals surface area contributed by atoms with Gasteiger partial charge in [0.15, 0.2) is 0 Å². The third kappa shape index (κ3) is 3.73. The van der Waals surface area contributed by atoms with Crippen molar-refractivity contribution in [2.75, 3.05) is 5.73 Å². The molecule has 5 heteroatoms. The van der Waals surface area contributed by atoms with E-state index in [1.54, 1.807) is 4.90 Å². The molecule has 21 heavy (non-hydrogen) atoms. The van der Waals surface area contributed by atoms with Crippen LogP contribution >= 0.6 is 11.6 Å². The van der Waals surface area contributed by atoms with Crippen LogP contribution in [0, 0.1) is 0 Å². The van der Waals surface area contributed by atoms with Gasteiger partial charge in [0.05, 0.1) is 10.6 Å². The first kappa shape index (κ1) is 15.3. The summed E-state index contributed by atoms with van der Waals surface area (Å²) in [4.78, 5) is 18.4. The van der Waals surface area contributed by atoms with Crippen molar-refractivity contribution in [3.63, 3.8) is 0 Å². The smallest absolute Gasteiger partial charge is 0.256 e. The van der Waals surface area contributed by atoms with Crippen LogP contribution in [0.3, 0.4) is 0 Å². The molecule has 1 amide bonds. The first-order valence-corrected chi connectivity index (χ1v) is 7.12. The zero-order chi connectivity index (χ0) is 15.4. The molecule has 1 heterocycles. The van der Waals surface area contributed by atoms with Gasteiger partial charge in [-0.05, 0) is 25.5 Å². The first-order valence-electron chi connectivity index (χ1n) is 6.75. The van der Waals surface area contributed by atoms with E-state index in [1.807, 2.05) is 44.2 Å². The predicted molar refractivity (Wildman–Crippen MR) is 85.1 cm³/mol. The third-order valence-corrected chi connectivity index (χ3v) is 3.49. The van der Waals surface area contributed by atoms with E-state index >= 15 is 0 Å². The van der Waals surface area contributed by atoms with Gasteiger partial charge < -0.3 is 10.6 Å². The Bertz CT molecular complexity index is 629. The number of nitrogen functional groups attached to an aromatic ring is 1. The van der Waals surface area contributed by atoms with Gasteiger partial charge in [-0.15, -0.1) is 0 Å². The van der Waals surface area contributed by atoms with Crippen LogP contribution in [0.25, 0.3) is 0 Å². The Morgan fingerprint density at radius 3 is 2.62 bits per heavy atom. The summed E-state index contributed by atoms with van der Waals surface area (Å²) in [6.45, 7) is 4.47. The van der Waals surface area contributed by atoms with Crippen molar-refractivity contribution in [2.45, 2.75) is 26.4 Å². The van der Waals surface area contributed by atoms with E-state index in [0.29, 0.717) is 17.1 Å². The van der Waals surface area contributed by atoms with E-state index in [2.05, 4.69) is 4.98 Å². The van der Waals surface area contributed by atoms with Crippen molar-refractivity contribution in [3.8, 4) is 0 Å². The zero-order valence-electron chi connectivity index (χ0n) is 12.1. The largest absolute Gasteiger partial charge is 0.384 e. The number of benzene rings is 1. The van der Waals surface area contributed by atoms with E-state index in [0.717, 1.165) is 5.56 Å². The van der Waals surface area contributed by atoms with Gasteiger partial charge >= 0.3 is 0 Å². The Morgan fingerprint density at radius 2 is 2.00 bits per heavy atom. The monoisotopic (exact) mass is 303 g/mol. The number of nitrogens with zero attached hydrogens (tertiary/aromatic N) is 2. The standard InChI is InChI=1S/C16H18ClN3O/c1-11(2)20(10-12-6-4-3-5-7-12)16(21)13-8-15(18)19-9-14(13)17/h3-9,11H,10H2,1-2H3,(H2,18,19). The highest BCUT2D eigenvalue weighted by Gasteiger charge is 2.21. The second kappa shape index (κ2) is 6.59. The molecule has 4 nitrogen and oxygen atoms in total. The lowest BCUT2D eigenvalue weighted by Gasteiger charge is -2.27. The molecule has 0 radical (unpaired) electrons. The minimum Gasteiger partial charge on any atom is -0.384 e. The average molecular weight is 304 g/mol. The summed E-state index contributed by atoms with van der Waals surface area (Å²) < 4.78 is 0. The topological polar surface area (TPSA) is 59.2 Å². The van der Waals surface area contributed by atoms with Crippen LogP contribution in [0.2, 0.25) is 5.02 Å². The van der Waals surface area contributed by atoms with Gasteiger partial charge in [-0.3, -0.25) is 4.79 Å². The van der Waals surface area contributed by atoms with Crippen LogP contribution < -0.4 is 5.73 Å². The minimum absolute atomic E-state index is 0.0446. The van der Waals surface area contributed by atoms with Crippen molar-refractivity contribution in [2.24, 2.45) is 0 Å². The number of amides is 1. The molecule has 0 aliphatic heterocycles. The summed E-state index contributed by atoms with van der Waals surface area (Å²) >= 11 is 6.08. The molecule has 0 bridgehead atoms. The number of halogens is 1. The van der Waals surface area contributed by atoms with Gasteiger partial charge in [0.2, 0.25) is 0 Å². The van der Waals surface area contributed by atoms with Crippen molar-refractivity contribution in [1.82, 2.24) is 9.88 Å². The molecule has 2 rings (SSSR count). The van der Waals surface area contributed by atoms with Crippen LogP contribution in [0.5, 0.6) is 0 Å². The number of anilines is 1. The highest BCUT2D eigenvalue weighted by atomic mass is 35.5. The van der Waals surface area contributed by atoms with E-state index in [4.69, 9.17) is 17.3 Å². The summed E-state index contributed by atoms with van der Waals surface area (Å²) in [5.41, 5.74) is 7.10. The molecule has 0 spiro atoms. The summed E-state index contributed by atoms with van der Waals surface area (Å²) in [7, 11) is 0. The van der Waals surface area contributed by atoms with Crippen LogP contribution in [0.1, 0.15) is 29.8 Å². The average Bonchev–Trinajstić information content (AvgIpc) is 2.47. The Labute approximate surface area is 129 Å². The maximum absolute atomic E-state index is 12.7. The van der Waals surface area contributed by atoms with Gasteiger partial charge in [-0.2, -0.15) is 0 Å². The summed E-state index contributed by atoms with van der Waals surface area (Å²) in [6.07, 6.45) is 1.41. The molecule has 0 unspecified atom stereocenters. The minimum atomic E-state index is -0.145. The van der Waals surface area contributed by atoms with Gasteiger partial charge in [-0.1, -0.05) is 41.9 Å². The fourth-order valence-electron chi connectivity index (χ4n) is 2.04. The molecule has 1 aromatic heterocycles. The van der Waals surface area contributed by atoms with E-state index in [-0.39, 0.29) is 17.8 Å². The summed E-state index contributed by atoms with van der Waals surface area (Å²) in [5, 5.41) is 0.313. The summed E-state index contributed by atoms with van der Waals surface area (Å²) in [5.74, 6) is 0.138. The number of pyridine rings is 1. The molecule has 0 saturated carbocycles. The number of carbonyl (C=O) groups excluding carboxylic acids is 1. The molecule has 0 aliphatic carbocycles. The number of carbonyl (C=O) groups is 1. The third-order valence-electron chi connectivity index (χ3n) is 3.19. The highest BCUT2D eigenvalue weighted by Crippen LogP contribution is 2.21. The van der Waals surface area contributed by atoms with E-state index < -0.39 is 0 Å². The van der Waals surface area contributed by atoms with Gasteiger partial charge in [0.1, 0.15) is 5.82 Å². The number of aromatic nitrogens is 1. The second-order valence-corrected chi connectivity index (χ2v) is 5.51. The second-order valence-electron chi connectivity index (χ2n) is 5.10. The highest BCUT2D eigenvalue weighted by molar-refractivity contribution is 6.33. The van der Waals surface area contributed by atoms with E-state index in [9.17, 15) is 4.79 Å². The lowest BCUT2D eigenvalue weighted by molar-refractivity contribution is 0.0690. The number of nitrogens with two attached hydrogens (primary N) is 1. The maximum atomic E-state index is 12.7. The number of hydrogen-bond donors (Lipinski definition) is 1. The quantitative estimate of drug-likeness (QED) is 0.942. The Hall–Kier alpha value is -2.07. The SMILES string of the molecule is CC(C)N(Cc1ccccc1)C(=O)c1cc(N)ncc1Cl. The van der Waals surface area contributed by atoms with E-state index in [1.165, 1.54) is 12.3 Å². The fraction of sp³-hybridized carbons (Fsp3) is 0.250. The lowest BCUT2D eigenvalue weighted by Crippen LogP contribution is -2.36. The molecule has 2 N–H and O–H groups in total. The maximum Gasteiger partial charge on any atom is 0.256 e. The Balaban J connectivity index is 2.30. The van der Waals surface area contributed by atoms with Crippen molar-refractivity contribution < 1.29 is 4.79 Å². The van der Waals surface area contributed by atoms with Crippen molar-refractivity contribution in [3.05, 3.63) is 58.7 Å². The van der Waals surface area contributed by atoms with Crippen LogP contribution in [0.4, 0.5) is 5.82 Å². The molecule has 110 valence electrons. The molecular weight excluding hydrogens is 286 g/mol. The first-order chi connectivity index (χ1) is 9.99. The van der Waals surface area contributed by atoms with Crippen LogP contribution in [-0.2, 0) is 6.54 Å². The molecular formula is C16H18ClN3O. The Kier molecular flexibility index (Phi) is 4.81. The van der Waals surface area contributed by atoms with Crippen LogP contribution in [-0.4, -0.2) is 21.8 Å². The normalized spacial score (nSPS) is 10.7. The predicted octanol–water partition coefficient (Wildman–Crippen LogP) is 3.37. The number of rotatable bonds is 4. The van der Waals surface area contributed by atoms with Gasteiger partial charge in [-0.25, -0.2) is 4.98 Å². The number of hydrogen-bond acceptors (Lipinski definition) is 3. The molecule has 0 aliphatic rings. The Morgan fingerprint density at radius 1 is 1.33 bits per heavy atom. The van der Waals surface area contributed by atoms with Crippen molar-refractivity contribution >= 4 is 23.3 Å². The fourth-order valence-corrected chi connectivity index (χ4v) is 2.23.